The first-order valence-corrected chi connectivity index (χ1v) is 7.89. The van der Waals surface area contributed by atoms with E-state index < -0.39 is 23.7 Å². The number of fused-ring (bicyclic) bond motifs is 1. The van der Waals surface area contributed by atoms with Gasteiger partial charge < -0.3 is 15.8 Å². The monoisotopic (exact) mass is 349 g/mol. The standard InChI is InChI=1S/C16H20FN5O3/c1-9(16(2,3)17)20-13-11(14(18)23)7-19-22-8-10(6-12(13)22)21-4-5-25-15(21)24/h6-9,20H,4-5H2,1-3H3,(H2,18,23). The zero-order valence-electron chi connectivity index (χ0n) is 14.2. The minimum Gasteiger partial charge on any atom is -0.447 e. The predicted octanol–water partition coefficient (Wildman–Crippen LogP) is 1.94. The van der Waals surface area contributed by atoms with Crippen LogP contribution in [0.25, 0.3) is 5.52 Å². The Morgan fingerprint density at radius 2 is 2.24 bits per heavy atom. The van der Waals surface area contributed by atoms with Crippen molar-refractivity contribution in [1.29, 1.82) is 0 Å². The van der Waals surface area contributed by atoms with Gasteiger partial charge in [-0.05, 0) is 26.8 Å². The van der Waals surface area contributed by atoms with Crippen molar-refractivity contribution in [3.8, 4) is 0 Å². The number of nitrogens with zero attached hydrogens (tertiary/aromatic N) is 3. The highest BCUT2D eigenvalue weighted by atomic mass is 19.1. The van der Waals surface area contributed by atoms with Gasteiger partial charge in [-0.15, -0.1) is 0 Å². The van der Waals surface area contributed by atoms with E-state index in [0.29, 0.717) is 30.0 Å². The lowest BCUT2D eigenvalue weighted by atomic mass is 10.0. The molecule has 1 unspecified atom stereocenters. The van der Waals surface area contributed by atoms with Crippen LogP contribution in [0.2, 0.25) is 0 Å². The van der Waals surface area contributed by atoms with E-state index in [1.165, 1.54) is 29.5 Å². The Kier molecular flexibility index (Phi) is 4.02. The van der Waals surface area contributed by atoms with Gasteiger partial charge in [-0.3, -0.25) is 9.69 Å². The van der Waals surface area contributed by atoms with Crippen LogP contribution < -0.4 is 16.0 Å². The summed E-state index contributed by atoms with van der Waals surface area (Å²) in [5, 5.41) is 7.17. The largest absolute Gasteiger partial charge is 0.447 e. The fourth-order valence-corrected chi connectivity index (χ4v) is 2.55. The molecule has 2 amide bonds. The Bertz CT molecular complexity index is 842. The van der Waals surface area contributed by atoms with Crippen molar-refractivity contribution in [1.82, 2.24) is 9.61 Å². The Hall–Kier alpha value is -2.84. The molecular formula is C16H20FN5O3. The van der Waals surface area contributed by atoms with Gasteiger partial charge in [-0.25, -0.2) is 13.7 Å². The topological polar surface area (TPSA) is 102 Å². The van der Waals surface area contributed by atoms with Crippen molar-refractivity contribution in [2.75, 3.05) is 23.4 Å². The second-order valence-electron chi connectivity index (χ2n) is 6.52. The first-order chi connectivity index (χ1) is 11.7. The molecule has 8 nitrogen and oxygen atoms in total. The quantitative estimate of drug-likeness (QED) is 0.859. The molecule has 1 atom stereocenters. The molecule has 0 radical (unpaired) electrons. The van der Waals surface area contributed by atoms with Gasteiger partial charge in [0.25, 0.3) is 5.91 Å². The molecule has 0 spiro atoms. The SMILES string of the molecule is CC(Nc1c(C(N)=O)cnn2cc(N3CCOC3=O)cc12)C(C)(C)F. The van der Waals surface area contributed by atoms with Crippen molar-refractivity contribution in [3.05, 3.63) is 24.0 Å². The molecule has 1 saturated heterocycles. The van der Waals surface area contributed by atoms with Crippen LogP contribution in [0.5, 0.6) is 0 Å². The highest BCUT2D eigenvalue weighted by Gasteiger charge is 2.29. The fourth-order valence-electron chi connectivity index (χ4n) is 2.55. The molecular weight excluding hydrogens is 329 g/mol. The third-order valence-electron chi connectivity index (χ3n) is 4.35. The van der Waals surface area contributed by atoms with Gasteiger partial charge in [-0.1, -0.05) is 0 Å². The van der Waals surface area contributed by atoms with Crippen molar-refractivity contribution in [2.45, 2.75) is 32.5 Å². The van der Waals surface area contributed by atoms with Crippen LogP contribution >= 0.6 is 0 Å². The molecule has 0 aliphatic carbocycles. The van der Waals surface area contributed by atoms with E-state index >= 15 is 0 Å². The maximum atomic E-state index is 14.2. The predicted molar refractivity (Wildman–Crippen MR) is 90.7 cm³/mol. The third kappa shape index (κ3) is 3.09. The summed E-state index contributed by atoms with van der Waals surface area (Å²) in [6, 6.07) is 1.10. The van der Waals surface area contributed by atoms with Crippen molar-refractivity contribution in [2.24, 2.45) is 5.73 Å². The van der Waals surface area contributed by atoms with E-state index in [-0.39, 0.29) is 5.56 Å². The lowest BCUT2D eigenvalue weighted by Crippen LogP contribution is -2.36. The Morgan fingerprint density at radius 1 is 1.52 bits per heavy atom. The smallest absolute Gasteiger partial charge is 0.414 e. The second kappa shape index (κ2) is 5.91. The van der Waals surface area contributed by atoms with Crippen molar-refractivity contribution in [3.63, 3.8) is 0 Å². The van der Waals surface area contributed by atoms with E-state index in [2.05, 4.69) is 10.4 Å². The average molecular weight is 349 g/mol. The highest BCUT2D eigenvalue weighted by Crippen LogP contribution is 2.30. The summed E-state index contributed by atoms with van der Waals surface area (Å²) in [5.74, 6) is -0.676. The summed E-state index contributed by atoms with van der Waals surface area (Å²) in [6.07, 6.45) is 2.52. The minimum absolute atomic E-state index is 0.150. The molecule has 3 N–H and O–H groups in total. The number of ether oxygens (including phenoxy) is 1. The van der Waals surface area contributed by atoms with Gasteiger partial charge in [0.15, 0.2) is 0 Å². The summed E-state index contributed by atoms with van der Waals surface area (Å²) in [7, 11) is 0. The number of hydrogen-bond donors (Lipinski definition) is 2. The van der Waals surface area contributed by atoms with Crippen LogP contribution in [0.3, 0.4) is 0 Å². The van der Waals surface area contributed by atoms with Gasteiger partial charge >= 0.3 is 6.09 Å². The molecule has 1 fully saturated rings. The normalized spacial score (nSPS) is 16.2. The summed E-state index contributed by atoms with van der Waals surface area (Å²) >= 11 is 0. The lowest BCUT2D eigenvalue weighted by Gasteiger charge is -2.26. The minimum atomic E-state index is -1.52. The van der Waals surface area contributed by atoms with Crippen LogP contribution in [-0.4, -0.2) is 46.5 Å². The van der Waals surface area contributed by atoms with Crippen molar-refractivity contribution >= 4 is 28.9 Å². The summed E-state index contributed by atoms with van der Waals surface area (Å²) < 4.78 is 20.7. The van der Waals surface area contributed by atoms with E-state index in [1.54, 1.807) is 19.2 Å². The molecule has 0 bridgehead atoms. The van der Waals surface area contributed by atoms with Gasteiger partial charge in [0.1, 0.15) is 12.3 Å². The number of amides is 2. The number of cyclic esters (lactones) is 1. The molecule has 2 aromatic heterocycles. The van der Waals surface area contributed by atoms with Gasteiger partial charge in [0, 0.05) is 0 Å². The maximum absolute atomic E-state index is 14.2. The average Bonchev–Trinajstić information content (AvgIpc) is 3.11. The number of aromatic nitrogens is 2. The molecule has 25 heavy (non-hydrogen) atoms. The summed E-state index contributed by atoms with van der Waals surface area (Å²) in [6.45, 7) is 5.29. The lowest BCUT2D eigenvalue weighted by molar-refractivity contribution is 0.1000. The molecule has 3 rings (SSSR count). The number of carbonyl (C=O) groups is 2. The molecule has 2 aromatic rings. The third-order valence-corrected chi connectivity index (χ3v) is 4.35. The fraction of sp³-hybridized carbons (Fsp3) is 0.438. The summed E-state index contributed by atoms with van der Waals surface area (Å²) in [5.41, 5.74) is 5.53. The van der Waals surface area contributed by atoms with Crippen LogP contribution in [0.4, 0.5) is 20.6 Å². The number of alkyl halides is 1. The first-order valence-electron chi connectivity index (χ1n) is 7.89. The van der Waals surface area contributed by atoms with Gasteiger partial charge in [0.2, 0.25) is 0 Å². The highest BCUT2D eigenvalue weighted by molar-refractivity contribution is 6.02. The van der Waals surface area contributed by atoms with E-state index in [4.69, 9.17) is 10.5 Å². The molecule has 3 heterocycles. The number of hydrogen-bond acceptors (Lipinski definition) is 5. The van der Waals surface area contributed by atoms with Crippen molar-refractivity contribution < 1.29 is 18.7 Å². The molecule has 9 heteroatoms. The van der Waals surface area contributed by atoms with Crippen LogP contribution in [0, 0.1) is 0 Å². The Morgan fingerprint density at radius 3 is 2.80 bits per heavy atom. The number of anilines is 2. The Labute approximate surface area is 143 Å². The number of halogens is 1. The van der Waals surface area contributed by atoms with E-state index in [9.17, 15) is 14.0 Å². The van der Waals surface area contributed by atoms with Gasteiger partial charge in [0.05, 0.1) is 47.4 Å². The molecule has 0 saturated carbocycles. The van der Waals surface area contributed by atoms with Crippen LogP contribution in [-0.2, 0) is 4.74 Å². The second-order valence-corrected chi connectivity index (χ2v) is 6.52. The zero-order chi connectivity index (χ0) is 18.4. The summed E-state index contributed by atoms with van der Waals surface area (Å²) in [4.78, 5) is 25.0. The molecule has 134 valence electrons. The van der Waals surface area contributed by atoms with E-state index in [1.807, 2.05) is 0 Å². The number of rotatable bonds is 5. The van der Waals surface area contributed by atoms with Crippen LogP contribution in [0.1, 0.15) is 31.1 Å². The van der Waals surface area contributed by atoms with Crippen LogP contribution in [0.15, 0.2) is 18.5 Å². The number of primary amides is 1. The molecule has 1 aliphatic heterocycles. The first kappa shape index (κ1) is 17.0. The maximum Gasteiger partial charge on any atom is 0.414 e. The molecule has 1 aliphatic rings. The number of carbonyl (C=O) groups excluding carboxylic acids is 2. The van der Waals surface area contributed by atoms with E-state index in [0.717, 1.165) is 0 Å². The molecule has 0 aromatic carbocycles. The number of nitrogens with two attached hydrogens (primary N) is 1. The Balaban J connectivity index is 2.10. The zero-order valence-corrected chi connectivity index (χ0v) is 14.2. The van der Waals surface area contributed by atoms with Gasteiger partial charge in [-0.2, -0.15) is 5.10 Å². The number of nitrogens with one attached hydrogen (secondary N) is 1.